The summed E-state index contributed by atoms with van der Waals surface area (Å²) in [5.41, 5.74) is -0.687. The molecule has 0 aromatic carbocycles. The van der Waals surface area contributed by atoms with Crippen LogP contribution in [0.4, 0.5) is 0 Å². The summed E-state index contributed by atoms with van der Waals surface area (Å²) in [5.74, 6) is -0.738. The van der Waals surface area contributed by atoms with Crippen LogP contribution in [0.3, 0.4) is 0 Å². The van der Waals surface area contributed by atoms with Crippen molar-refractivity contribution in [1.29, 1.82) is 0 Å². The van der Waals surface area contributed by atoms with Crippen molar-refractivity contribution in [3.05, 3.63) is 12.7 Å². The first-order valence-corrected chi connectivity index (χ1v) is 5.03. The summed E-state index contributed by atoms with van der Waals surface area (Å²) >= 11 is 0. The first-order valence-electron chi connectivity index (χ1n) is 5.03. The molecule has 0 heterocycles. The minimum absolute atomic E-state index is 0.0150. The molecule has 3 heteroatoms. The molecule has 1 rings (SSSR count). The Morgan fingerprint density at radius 1 is 1.71 bits per heavy atom. The number of carboxylic acid groups (broad SMARTS) is 1. The van der Waals surface area contributed by atoms with Crippen LogP contribution < -0.4 is 0 Å². The Morgan fingerprint density at radius 2 is 2.36 bits per heavy atom. The molecule has 80 valence electrons. The van der Waals surface area contributed by atoms with Crippen molar-refractivity contribution < 1.29 is 15.0 Å². The minimum Gasteiger partial charge on any atom is -0.481 e. The summed E-state index contributed by atoms with van der Waals surface area (Å²) in [4.78, 5) is 11.2. The van der Waals surface area contributed by atoms with Gasteiger partial charge >= 0.3 is 5.97 Å². The summed E-state index contributed by atoms with van der Waals surface area (Å²) < 4.78 is 0. The summed E-state index contributed by atoms with van der Waals surface area (Å²) in [6.07, 6.45) is 3.80. The molecular weight excluding hydrogens is 180 g/mol. The fraction of sp³-hybridized carbons (Fsp3) is 0.727. The van der Waals surface area contributed by atoms with Gasteiger partial charge in [0.2, 0.25) is 0 Å². The van der Waals surface area contributed by atoms with Crippen LogP contribution in [0.1, 0.15) is 32.6 Å². The number of aliphatic hydroxyl groups excluding tert-OH is 1. The minimum atomic E-state index is -0.753. The van der Waals surface area contributed by atoms with Crippen LogP contribution in [-0.2, 0) is 4.79 Å². The lowest BCUT2D eigenvalue weighted by Crippen LogP contribution is -2.42. The van der Waals surface area contributed by atoms with Gasteiger partial charge in [0, 0.05) is 0 Å². The first-order chi connectivity index (χ1) is 6.50. The third-order valence-corrected chi connectivity index (χ3v) is 3.39. The van der Waals surface area contributed by atoms with Gasteiger partial charge in [-0.15, -0.1) is 6.58 Å². The Balaban J connectivity index is 2.81. The number of aliphatic hydroxyl groups is 1. The number of carbonyl (C=O) groups is 1. The topological polar surface area (TPSA) is 57.5 Å². The van der Waals surface area contributed by atoms with Crippen molar-refractivity contribution in [2.75, 3.05) is 0 Å². The third-order valence-electron chi connectivity index (χ3n) is 3.39. The zero-order valence-electron chi connectivity index (χ0n) is 8.57. The second-order valence-electron chi connectivity index (χ2n) is 4.37. The lowest BCUT2D eigenvalue weighted by molar-refractivity contribution is -0.155. The second-order valence-corrected chi connectivity index (χ2v) is 4.37. The van der Waals surface area contributed by atoms with Crippen molar-refractivity contribution in [1.82, 2.24) is 0 Å². The summed E-state index contributed by atoms with van der Waals surface area (Å²) in [6, 6.07) is 0. The predicted octanol–water partition coefficient (Wildman–Crippen LogP) is 1.81. The van der Waals surface area contributed by atoms with E-state index in [1.807, 2.05) is 0 Å². The summed E-state index contributed by atoms with van der Waals surface area (Å²) in [5, 5.41) is 18.7. The molecule has 0 bridgehead atoms. The average Bonchev–Trinajstić information content (AvgIpc) is 2.12. The van der Waals surface area contributed by atoms with E-state index >= 15 is 0 Å². The SMILES string of the molecule is C=CC[C@H]1C[C@@H](O)CCC1(C)C(=O)O. The normalized spacial score (nSPS) is 37.9. The van der Waals surface area contributed by atoms with Crippen molar-refractivity contribution in [2.24, 2.45) is 11.3 Å². The van der Waals surface area contributed by atoms with Crippen LogP contribution in [0.5, 0.6) is 0 Å². The van der Waals surface area contributed by atoms with E-state index in [9.17, 15) is 9.90 Å². The molecule has 1 aliphatic carbocycles. The van der Waals surface area contributed by atoms with Crippen LogP contribution >= 0.6 is 0 Å². The Hall–Kier alpha value is -0.830. The summed E-state index contributed by atoms with van der Waals surface area (Å²) in [6.45, 7) is 5.40. The molecule has 1 unspecified atom stereocenters. The van der Waals surface area contributed by atoms with Crippen LogP contribution in [0.15, 0.2) is 12.7 Å². The zero-order chi connectivity index (χ0) is 10.8. The maximum absolute atomic E-state index is 11.2. The Bertz CT molecular complexity index is 237. The molecule has 0 aliphatic heterocycles. The fourth-order valence-corrected chi connectivity index (χ4v) is 2.22. The molecule has 0 radical (unpaired) electrons. The van der Waals surface area contributed by atoms with Gasteiger partial charge in [0.1, 0.15) is 0 Å². The van der Waals surface area contributed by atoms with E-state index in [2.05, 4.69) is 6.58 Å². The predicted molar refractivity (Wildman–Crippen MR) is 53.9 cm³/mol. The lowest BCUT2D eigenvalue weighted by Gasteiger charge is -2.39. The molecule has 0 aromatic heterocycles. The van der Waals surface area contributed by atoms with Gasteiger partial charge in [-0.05, 0) is 38.5 Å². The van der Waals surface area contributed by atoms with E-state index in [0.29, 0.717) is 25.7 Å². The average molecular weight is 198 g/mol. The van der Waals surface area contributed by atoms with E-state index in [1.165, 1.54) is 0 Å². The van der Waals surface area contributed by atoms with E-state index in [4.69, 9.17) is 5.11 Å². The summed E-state index contributed by atoms with van der Waals surface area (Å²) in [7, 11) is 0. The Labute approximate surface area is 84.4 Å². The van der Waals surface area contributed by atoms with Gasteiger partial charge in [-0.1, -0.05) is 6.08 Å². The van der Waals surface area contributed by atoms with E-state index < -0.39 is 11.4 Å². The van der Waals surface area contributed by atoms with Gasteiger partial charge in [-0.3, -0.25) is 4.79 Å². The number of hydrogen-bond acceptors (Lipinski definition) is 2. The van der Waals surface area contributed by atoms with Crippen molar-refractivity contribution in [3.63, 3.8) is 0 Å². The van der Waals surface area contributed by atoms with Crippen molar-refractivity contribution >= 4 is 5.97 Å². The van der Waals surface area contributed by atoms with Gasteiger partial charge in [0.25, 0.3) is 0 Å². The zero-order valence-corrected chi connectivity index (χ0v) is 8.57. The molecule has 3 atom stereocenters. The van der Waals surface area contributed by atoms with Gasteiger partial charge in [-0.2, -0.15) is 0 Å². The third kappa shape index (κ3) is 1.98. The molecule has 0 saturated heterocycles. The molecule has 0 amide bonds. The van der Waals surface area contributed by atoms with E-state index in [1.54, 1.807) is 13.0 Å². The maximum Gasteiger partial charge on any atom is 0.309 e. The number of rotatable bonds is 3. The molecule has 1 aliphatic rings. The van der Waals surface area contributed by atoms with Gasteiger partial charge in [0.15, 0.2) is 0 Å². The molecule has 0 aromatic rings. The highest BCUT2D eigenvalue weighted by Crippen LogP contribution is 2.43. The van der Waals surface area contributed by atoms with Crippen LogP contribution in [0.2, 0.25) is 0 Å². The van der Waals surface area contributed by atoms with Gasteiger partial charge in [0.05, 0.1) is 11.5 Å². The molecule has 1 saturated carbocycles. The fourth-order valence-electron chi connectivity index (χ4n) is 2.22. The molecular formula is C11H18O3. The Kier molecular flexibility index (Phi) is 3.32. The largest absolute Gasteiger partial charge is 0.481 e. The highest BCUT2D eigenvalue weighted by Gasteiger charge is 2.44. The first kappa shape index (κ1) is 11.2. The van der Waals surface area contributed by atoms with Crippen molar-refractivity contribution in [2.45, 2.75) is 38.7 Å². The number of aliphatic carboxylic acids is 1. The van der Waals surface area contributed by atoms with Crippen LogP contribution in [-0.4, -0.2) is 22.3 Å². The smallest absolute Gasteiger partial charge is 0.309 e. The monoisotopic (exact) mass is 198 g/mol. The molecule has 1 fully saturated rings. The Morgan fingerprint density at radius 3 is 2.86 bits per heavy atom. The number of hydrogen-bond donors (Lipinski definition) is 2. The molecule has 14 heavy (non-hydrogen) atoms. The standard InChI is InChI=1S/C11H18O3/c1-3-4-8-7-9(12)5-6-11(8,2)10(13)14/h3,8-9,12H,1,4-7H2,2H3,(H,13,14)/t8-,9-,11?/m0/s1. The second kappa shape index (κ2) is 4.13. The van der Waals surface area contributed by atoms with E-state index in [-0.39, 0.29) is 12.0 Å². The number of allylic oxidation sites excluding steroid dienone is 1. The maximum atomic E-state index is 11.2. The molecule has 3 nitrogen and oxygen atoms in total. The number of carboxylic acids is 1. The van der Waals surface area contributed by atoms with Crippen LogP contribution in [0, 0.1) is 11.3 Å². The van der Waals surface area contributed by atoms with Crippen molar-refractivity contribution in [3.8, 4) is 0 Å². The van der Waals surface area contributed by atoms with Crippen LogP contribution in [0.25, 0.3) is 0 Å². The molecule has 2 N–H and O–H groups in total. The van der Waals surface area contributed by atoms with E-state index in [0.717, 1.165) is 0 Å². The highest BCUT2D eigenvalue weighted by atomic mass is 16.4. The highest BCUT2D eigenvalue weighted by molar-refractivity contribution is 5.74. The van der Waals surface area contributed by atoms with Gasteiger partial charge < -0.3 is 10.2 Å². The van der Waals surface area contributed by atoms with Gasteiger partial charge in [-0.25, -0.2) is 0 Å². The quantitative estimate of drug-likeness (QED) is 0.680. The molecule has 0 spiro atoms. The lowest BCUT2D eigenvalue weighted by atomic mass is 9.65.